The Morgan fingerprint density at radius 2 is 2.30 bits per heavy atom. The van der Waals surface area contributed by atoms with E-state index in [9.17, 15) is 13.2 Å². The molecular weight excluding hydrogens is 278 g/mol. The largest absolute Gasteiger partial charge is 0.325 e. The second-order valence-corrected chi connectivity index (χ2v) is 7.00. The maximum Gasteiger partial charge on any atom is 0.224 e. The predicted octanol–water partition coefficient (Wildman–Crippen LogP) is 0.956. The monoisotopic (exact) mass is 297 g/mol. The molecule has 1 atom stereocenters. The summed E-state index contributed by atoms with van der Waals surface area (Å²) in [6.45, 7) is 1.03. The van der Waals surface area contributed by atoms with E-state index in [1.165, 1.54) is 18.7 Å². The van der Waals surface area contributed by atoms with E-state index >= 15 is 0 Å². The van der Waals surface area contributed by atoms with Crippen LogP contribution in [0.5, 0.6) is 0 Å². The highest BCUT2D eigenvalue weighted by atomic mass is 32.2. The highest BCUT2D eigenvalue weighted by molar-refractivity contribution is 7.90. The smallest absolute Gasteiger partial charge is 0.224 e. The van der Waals surface area contributed by atoms with Crippen molar-refractivity contribution in [3.05, 3.63) is 18.3 Å². The fraction of sp³-hybridized carbons (Fsp3) is 0.538. The SMILES string of the molecule is CS(=O)(=O)c1ccc(NC(=O)CCC2CCCN2)cn1. The van der Waals surface area contributed by atoms with Crippen LogP contribution in [0.15, 0.2) is 23.4 Å². The molecular formula is C13H19N3O3S. The number of rotatable bonds is 5. The Morgan fingerprint density at radius 1 is 1.50 bits per heavy atom. The number of carbonyl (C=O) groups is 1. The lowest BCUT2D eigenvalue weighted by atomic mass is 10.1. The molecule has 1 fully saturated rings. The van der Waals surface area contributed by atoms with Crippen LogP contribution < -0.4 is 10.6 Å². The third kappa shape index (κ3) is 4.28. The van der Waals surface area contributed by atoms with Crippen LogP contribution in [0.2, 0.25) is 0 Å². The van der Waals surface area contributed by atoms with Gasteiger partial charge in [-0.2, -0.15) is 0 Å². The van der Waals surface area contributed by atoms with Crippen LogP contribution in [0.3, 0.4) is 0 Å². The number of pyridine rings is 1. The van der Waals surface area contributed by atoms with E-state index in [1.807, 2.05) is 0 Å². The van der Waals surface area contributed by atoms with Crippen molar-refractivity contribution in [2.45, 2.75) is 36.8 Å². The van der Waals surface area contributed by atoms with Crippen molar-refractivity contribution in [1.82, 2.24) is 10.3 Å². The Bertz CT molecular complexity index is 563. The third-order valence-corrected chi connectivity index (χ3v) is 4.28. The van der Waals surface area contributed by atoms with Crippen LogP contribution in [0.25, 0.3) is 0 Å². The number of amides is 1. The molecule has 1 unspecified atom stereocenters. The minimum atomic E-state index is -3.30. The first kappa shape index (κ1) is 14.9. The summed E-state index contributed by atoms with van der Waals surface area (Å²) in [4.78, 5) is 15.6. The number of carbonyl (C=O) groups excluding carboxylic acids is 1. The first-order chi connectivity index (χ1) is 9.45. The van der Waals surface area contributed by atoms with Crippen LogP contribution in [0.4, 0.5) is 5.69 Å². The van der Waals surface area contributed by atoms with Gasteiger partial charge < -0.3 is 10.6 Å². The summed E-state index contributed by atoms with van der Waals surface area (Å²) in [5, 5.41) is 6.07. The lowest BCUT2D eigenvalue weighted by Crippen LogP contribution is -2.23. The molecule has 0 aromatic carbocycles. The van der Waals surface area contributed by atoms with Gasteiger partial charge >= 0.3 is 0 Å². The molecule has 1 aliphatic rings. The molecule has 0 saturated carbocycles. The fourth-order valence-corrected chi connectivity index (χ4v) is 2.76. The van der Waals surface area contributed by atoms with E-state index < -0.39 is 9.84 Å². The number of nitrogens with one attached hydrogen (secondary N) is 2. The van der Waals surface area contributed by atoms with Gasteiger partial charge in [0, 0.05) is 18.7 Å². The van der Waals surface area contributed by atoms with Crippen LogP contribution in [0.1, 0.15) is 25.7 Å². The molecule has 20 heavy (non-hydrogen) atoms. The topological polar surface area (TPSA) is 88.2 Å². The Hall–Kier alpha value is -1.47. The molecule has 6 nitrogen and oxygen atoms in total. The predicted molar refractivity (Wildman–Crippen MR) is 76.2 cm³/mol. The number of anilines is 1. The maximum absolute atomic E-state index is 11.8. The highest BCUT2D eigenvalue weighted by Crippen LogP contribution is 2.13. The van der Waals surface area contributed by atoms with E-state index in [4.69, 9.17) is 0 Å². The standard InChI is InChI=1S/C13H19N3O3S/c1-20(18,19)13-7-5-11(9-15-13)16-12(17)6-4-10-3-2-8-14-10/h5,7,9-10,14H,2-4,6,8H2,1H3,(H,16,17). The molecule has 0 radical (unpaired) electrons. The van der Waals surface area contributed by atoms with Crippen molar-refractivity contribution >= 4 is 21.4 Å². The summed E-state index contributed by atoms with van der Waals surface area (Å²) < 4.78 is 22.5. The van der Waals surface area contributed by atoms with Gasteiger partial charge in [-0.1, -0.05) is 0 Å². The fourth-order valence-electron chi connectivity index (χ4n) is 2.21. The number of aromatic nitrogens is 1. The zero-order valence-corrected chi connectivity index (χ0v) is 12.2. The van der Waals surface area contributed by atoms with Gasteiger partial charge in [-0.3, -0.25) is 4.79 Å². The minimum absolute atomic E-state index is 0.00524. The van der Waals surface area contributed by atoms with Gasteiger partial charge in [0.15, 0.2) is 14.9 Å². The van der Waals surface area contributed by atoms with Crippen molar-refractivity contribution in [1.29, 1.82) is 0 Å². The first-order valence-electron chi connectivity index (χ1n) is 6.64. The summed E-state index contributed by atoms with van der Waals surface area (Å²) in [6, 6.07) is 3.38. The quantitative estimate of drug-likeness (QED) is 0.845. The average molecular weight is 297 g/mol. The Balaban J connectivity index is 1.84. The molecule has 2 heterocycles. The van der Waals surface area contributed by atoms with Gasteiger partial charge in [-0.05, 0) is 37.9 Å². The molecule has 0 spiro atoms. The zero-order valence-electron chi connectivity index (χ0n) is 11.4. The molecule has 0 aliphatic carbocycles. The molecule has 1 aromatic rings. The van der Waals surface area contributed by atoms with Crippen molar-refractivity contribution in [2.75, 3.05) is 18.1 Å². The zero-order chi connectivity index (χ0) is 14.6. The maximum atomic E-state index is 11.8. The molecule has 1 saturated heterocycles. The van der Waals surface area contributed by atoms with E-state index in [0.29, 0.717) is 18.2 Å². The molecule has 1 aliphatic heterocycles. The van der Waals surface area contributed by atoms with Gasteiger partial charge in [0.1, 0.15) is 0 Å². The second-order valence-electron chi connectivity index (χ2n) is 5.04. The van der Waals surface area contributed by atoms with Crippen LogP contribution >= 0.6 is 0 Å². The van der Waals surface area contributed by atoms with Crippen molar-refractivity contribution in [2.24, 2.45) is 0 Å². The van der Waals surface area contributed by atoms with E-state index in [1.54, 1.807) is 6.07 Å². The van der Waals surface area contributed by atoms with Crippen LogP contribution in [-0.4, -0.2) is 38.2 Å². The van der Waals surface area contributed by atoms with Crippen LogP contribution in [-0.2, 0) is 14.6 Å². The summed E-state index contributed by atoms with van der Waals surface area (Å²) in [7, 11) is -3.30. The van der Waals surface area contributed by atoms with Gasteiger partial charge in [0.25, 0.3) is 0 Å². The van der Waals surface area contributed by atoms with Gasteiger partial charge in [-0.15, -0.1) is 0 Å². The minimum Gasteiger partial charge on any atom is -0.325 e. The Labute approximate surface area is 118 Å². The van der Waals surface area contributed by atoms with E-state index in [-0.39, 0.29) is 10.9 Å². The summed E-state index contributed by atoms with van der Waals surface area (Å²) in [6.07, 6.45) is 6.03. The number of hydrogen-bond acceptors (Lipinski definition) is 5. The van der Waals surface area contributed by atoms with Crippen molar-refractivity contribution < 1.29 is 13.2 Å². The molecule has 0 bridgehead atoms. The third-order valence-electron chi connectivity index (χ3n) is 3.28. The molecule has 2 N–H and O–H groups in total. The normalized spacial score (nSPS) is 18.9. The number of nitrogens with zero attached hydrogens (tertiary/aromatic N) is 1. The molecule has 1 aromatic heterocycles. The first-order valence-corrected chi connectivity index (χ1v) is 8.53. The van der Waals surface area contributed by atoms with Crippen LogP contribution in [0, 0.1) is 0 Å². The molecule has 2 rings (SSSR count). The van der Waals surface area contributed by atoms with E-state index in [0.717, 1.165) is 25.6 Å². The second kappa shape index (κ2) is 6.32. The lowest BCUT2D eigenvalue weighted by Gasteiger charge is -2.10. The molecule has 1 amide bonds. The summed E-state index contributed by atoms with van der Waals surface area (Å²) >= 11 is 0. The summed E-state index contributed by atoms with van der Waals surface area (Å²) in [5.41, 5.74) is 0.516. The Kier molecular flexibility index (Phi) is 4.72. The van der Waals surface area contributed by atoms with Gasteiger partial charge in [-0.25, -0.2) is 13.4 Å². The number of sulfone groups is 1. The van der Waals surface area contributed by atoms with Crippen molar-refractivity contribution in [3.63, 3.8) is 0 Å². The van der Waals surface area contributed by atoms with Gasteiger partial charge in [0.2, 0.25) is 5.91 Å². The molecule has 110 valence electrons. The summed E-state index contributed by atoms with van der Waals surface area (Å²) in [5.74, 6) is -0.0763. The lowest BCUT2D eigenvalue weighted by molar-refractivity contribution is -0.116. The Morgan fingerprint density at radius 3 is 2.85 bits per heavy atom. The number of hydrogen-bond donors (Lipinski definition) is 2. The molecule has 7 heteroatoms. The van der Waals surface area contributed by atoms with Crippen molar-refractivity contribution in [3.8, 4) is 0 Å². The van der Waals surface area contributed by atoms with Gasteiger partial charge in [0.05, 0.1) is 11.9 Å². The highest BCUT2D eigenvalue weighted by Gasteiger charge is 2.15. The van der Waals surface area contributed by atoms with E-state index in [2.05, 4.69) is 15.6 Å². The average Bonchev–Trinajstić information content (AvgIpc) is 2.89.